The topological polar surface area (TPSA) is 84.8 Å². The van der Waals surface area contributed by atoms with E-state index < -0.39 is 13.1 Å². The zero-order valence-electron chi connectivity index (χ0n) is 10.9. The van der Waals surface area contributed by atoms with Crippen LogP contribution in [-0.2, 0) is 4.79 Å². The molecular weight excluding hydrogens is 233 g/mol. The maximum absolute atomic E-state index is 12.1. The molecule has 2 atom stereocenters. The zero-order valence-corrected chi connectivity index (χ0v) is 10.9. The molecule has 0 saturated carbocycles. The van der Waals surface area contributed by atoms with Crippen molar-refractivity contribution in [2.75, 3.05) is 26.2 Å². The molecule has 2 fully saturated rings. The Labute approximate surface area is 108 Å². The van der Waals surface area contributed by atoms with Crippen molar-refractivity contribution >= 4 is 13.0 Å². The maximum Gasteiger partial charge on any atom is 0.475 e. The fraction of sp³-hybridized carbons (Fsp3) is 0.909. The Bertz CT molecular complexity index is 308. The van der Waals surface area contributed by atoms with Crippen molar-refractivity contribution in [3.8, 4) is 0 Å². The minimum Gasteiger partial charge on any atom is -0.426 e. The SMILES string of the molecule is C[C@]1(NCC(=O)N2CCC[C@H]2B(O)O)CCNC1. The summed E-state index contributed by atoms with van der Waals surface area (Å²) in [6.07, 6.45) is 2.52. The van der Waals surface area contributed by atoms with E-state index in [-0.39, 0.29) is 18.0 Å². The Morgan fingerprint density at radius 1 is 1.61 bits per heavy atom. The molecule has 0 aromatic carbocycles. The van der Waals surface area contributed by atoms with E-state index >= 15 is 0 Å². The lowest BCUT2D eigenvalue weighted by molar-refractivity contribution is -0.130. The van der Waals surface area contributed by atoms with Crippen LogP contribution in [0.25, 0.3) is 0 Å². The molecule has 0 aliphatic carbocycles. The van der Waals surface area contributed by atoms with Gasteiger partial charge in [0.15, 0.2) is 0 Å². The summed E-state index contributed by atoms with van der Waals surface area (Å²) in [6.45, 7) is 4.83. The van der Waals surface area contributed by atoms with Crippen LogP contribution < -0.4 is 10.6 Å². The molecule has 2 saturated heterocycles. The van der Waals surface area contributed by atoms with Crippen LogP contribution in [0.4, 0.5) is 0 Å². The fourth-order valence-electron chi connectivity index (χ4n) is 2.77. The molecule has 2 rings (SSSR count). The summed E-state index contributed by atoms with van der Waals surface area (Å²) < 4.78 is 0. The summed E-state index contributed by atoms with van der Waals surface area (Å²) in [7, 11) is -1.43. The number of likely N-dealkylation sites (tertiary alicyclic amines) is 1. The Morgan fingerprint density at radius 3 is 3.00 bits per heavy atom. The lowest BCUT2D eigenvalue weighted by Gasteiger charge is -2.28. The van der Waals surface area contributed by atoms with Gasteiger partial charge < -0.3 is 25.6 Å². The minimum absolute atomic E-state index is 0.0251. The normalized spacial score (nSPS) is 31.9. The minimum atomic E-state index is -1.43. The average molecular weight is 255 g/mol. The van der Waals surface area contributed by atoms with Gasteiger partial charge in [0.05, 0.1) is 12.5 Å². The van der Waals surface area contributed by atoms with Crippen molar-refractivity contribution in [2.24, 2.45) is 0 Å². The summed E-state index contributed by atoms with van der Waals surface area (Å²) in [5.41, 5.74) is -0.0251. The molecule has 2 heterocycles. The van der Waals surface area contributed by atoms with Gasteiger partial charge in [0.1, 0.15) is 0 Å². The fourth-order valence-corrected chi connectivity index (χ4v) is 2.77. The molecule has 0 bridgehead atoms. The van der Waals surface area contributed by atoms with Crippen molar-refractivity contribution < 1.29 is 14.8 Å². The quantitative estimate of drug-likeness (QED) is 0.451. The van der Waals surface area contributed by atoms with Gasteiger partial charge in [0.25, 0.3) is 0 Å². The van der Waals surface area contributed by atoms with E-state index in [1.54, 1.807) is 4.90 Å². The second-order valence-electron chi connectivity index (χ2n) is 5.55. The van der Waals surface area contributed by atoms with Crippen LogP contribution in [-0.4, -0.2) is 65.6 Å². The number of rotatable bonds is 4. The molecule has 6 nitrogen and oxygen atoms in total. The molecule has 7 heteroatoms. The number of hydrogen-bond acceptors (Lipinski definition) is 5. The molecule has 0 aromatic rings. The number of amides is 1. The first-order chi connectivity index (χ1) is 8.52. The van der Waals surface area contributed by atoms with Gasteiger partial charge in [-0.3, -0.25) is 4.79 Å². The van der Waals surface area contributed by atoms with Crippen LogP contribution in [0.1, 0.15) is 26.2 Å². The van der Waals surface area contributed by atoms with Crippen LogP contribution in [0.2, 0.25) is 0 Å². The van der Waals surface area contributed by atoms with Crippen LogP contribution >= 0.6 is 0 Å². The number of carbonyl (C=O) groups is 1. The third-order valence-corrected chi connectivity index (χ3v) is 4.00. The number of carbonyl (C=O) groups excluding carboxylic acids is 1. The number of nitrogens with zero attached hydrogens (tertiary/aromatic N) is 1. The predicted octanol–water partition coefficient (Wildman–Crippen LogP) is -1.67. The van der Waals surface area contributed by atoms with Gasteiger partial charge in [-0.1, -0.05) is 0 Å². The van der Waals surface area contributed by atoms with Crippen LogP contribution in [0.5, 0.6) is 0 Å². The smallest absolute Gasteiger partial charge is 0.426 e. The molecule has 0 unspecified atom stereocenters. The van der Waals surface area contributed by atoms with E-state index in [2.05, 4.69) is 17.6 Å². The van der Waals surface area contributed by atoms with E-state index in [9.17, 15) is 14.8 Å². The zero-order chi connectivity index (χ0) is 13.2. The average Bonchev–Trinajstić information content (AvgIpc) is 2.95. The van der Waals surface area contributed by atoms with Gasteiger partial charge >= 0.3 is 7.12 Å². The molecule has 0 radical (unpaired) electrons. The molecule has 18 heavy (non-hydrogen) atoms. The van der Waals surface area contributed by atoms with Gasteiger partial charge in [-0.15, -0.1) is 0 Å². The van der Waals surface area contributed by atoms with Crippen LogP contribution in [0.3, 0.4) is 0 Å². The van der Waals surface area contributed by atoms with Gasteiger partial charge in [-0.25, -0.2) is 0 Å². The Hall–Kier alpha value is -0.625. The van der Waals surface area contributed by atoms with Crippen molar-refractivity contribution in [3.63, 3.8) is 0 Å². The molecule has 2 aliphatic heterocycles. The second kappa shape index (κ2) is 5.56. The highest BCUT2D eigenvalue weighted by Gasteiger charge is 2.37. The maximum atomic E-state index is 12.1. The first-order valence-electron chi connectivity index (χ1n) is 6.63. The Morgan fingerprint density at radius 2 is 2.39 bits per heavy atom. The highest BCUT2D eigenvalue weighted by Crippen LogP contribution is 2.18. The molecular formula is C11H22BN3O3. The summed E-state index contributed by atoms with van der Waals surface area (Å²) in [6, 6.07) is 0. The predicted molar refractivity (Wildman–Crippen MR) is 68.8 cm³/mol. The summed E-state index contributed by atoms with van der Waals surface area (Å²) in [5, 5.41) is 25.0. The second-order valence-corrected chi connectivity index (χ2v) is 5.55. The van der Waals surface area contributed by atoms with E-state index in [0.717, 1.165) is 25.9 Å². The van der Waals surface area contributed by atoms with E-state index in [1.807, 2.05) is 0 Å². The van der Waals surface area contributed by atoms with E-state index in [4.69, 9.17) is 0 Å². The standard InChI is InChI=1S/C11H22BN3O3/c1-11(4-5-13-8-11)14-7-10(16)15-6-2-3-9(15)12(17)18/h9,13-14,17-18H,2-8H2,1H3/t9-,11-/m0/s1. The third kappa shape index (κ3) is 3.03. The van der Waals surface area contributed by atoms with Crippen molar-refractivity contribution in [3.05, 3.63) is 0 Å². The van der Waals surface area contributed by atoms with Crippen molar-refractivity contribution in [1.29, 1.82) is 0 Å². The van der Waals surface area contributed by atoms with E-state index in [0.29, 0.717) is 13.0 Å². The monoisotopic (exact) mass is 255 g/mol. The Kier molecular flexibility index (Phi) is 4.27. The summed E-state index contributed by atoms with van der Waals surface area (Å²) >= 11 is 0. The third-order valence-electron chi connectivity index (χ3n) is 4.00. The number of nitrogens with one attached hydrogen (secondary N) is 2. The first-order valence-corrected chi connectivity index (χ1v) is 6.63. The summed E-state index contributed by atoms with van der Waals surface area (Å²) in [4.78, 5) is 13.7. The lowest BCUT2D eigenvalue weighted by Crippen LogP contribution is -2.52. The Balaban J connectivity index is 1.84. The molecule has 102 valence electrons. The molecule has 2 aliphatic rings. The highest BCUT2D eigenvalue weighted by molar-refractivity contribution is 6.43. The highest BCUT2D eigenvalue weighted by atomic mass is 16.4. The molecule has 0 aromatic heterocycles. The van der Waals surface area contributed by atoms with Gasteiger partial charge in [-0.2, -0.15) is 0 Å². The molecule has 4 N–H and O–H groups in total. The first kappa shape index (κ1) is 13.8. The van der Waals surface area contributed by atoms with Crippen molar-refractivity contribution in [2.45, 2.75) is 37.7 Å². The summed E-state index contributed by atoms with van der Waals surface area (Å²) in [5.74, 6) is -0.479. The van der Waals surface area contributed by atoms with Gasteiger partial charge in [0.2, 0.25) is 5.91 Å². The lowest BCUT2D eigenvalue weighted by atomic mass is 9.78. The molecule has 0 spiro atoms. The van der Waals surface area contributed by atoms with Gasteiger partial charge in [-0.05, 0) is 32.7 Å². The number of hydrogen-bond donors (Lipinski definition) is 4. The van der Waals surface area contributed by atoms with E-state index in [1.165, 1.54) is 0 Å². The van der Waals surface area contributed by atoms with Crippen LogP contribution in [0, 0.1) is 0 Å². The largest absolute Gasteiger partial charge is 0.475 e. The van der Waals surface area contributed by atoms with Crippen molar-refractivity contribution in [1.82, 2.24) is 15.5 Å². The molecule has 1 amide bonds. The van der Waals surface area contributed by atoms with Gasteiger partial charge in [0, 0.05) is 18.6 Å². The van der Waals surface area contributed by atoms with Crippen LogP contribution in [0.15, 0.2) is 0 Å².